The molecule has 0 unspecified atom stereocenters. The van der Waals surface area contributed by atoms with E-state index in [4.69, 9.17) is 0 Å². The lowest BCUT2D eigenvalue weighted by molar-refractivity contribution is 0.0952. The van der Waals surface area contributed by atoms with Crippen molar-refractivity contribution in [2.45, 2.75) is 38.8 Å². The third-order valence-corrected chi connectivity index (χ3v) is 4.78. The predicted octanol–water partition coefficient (Wildman–Crippen LogP) is 3.26. The molecule has 0 bridgehead atoms. The van der Waals surface area contributed by atoms with Crippen LogP contribution in [0.3, 0.4) is 0 Å². The first kappa shape index (κ1) is 18.1. The quantitative estimate of drug-likeness (QED) is 0.744. The van der Waals surface area contributed by atoms with Crippen LogP contribution in [0.1, 0.15) is 52.7 Å². The molecule has 0 atom stereocenters. The van der Waals surface area contributed by atoms with Gasteiger partial charge in [-0.25, -0.2) is 0 Å². The van der Waals surface area contributed by atoms with Gasteiger partial charge in [0.2, 0.25) is 0 Å². The standard InChI is InChI=1S/C21H24N4O/c22-13-17-7-5-8-19-15-25(16-20(17)19)12-4-2-1-3-11-24-21(26)18-9-6-10-23-14-18/h5-10,14H,1-4,11-12,15-16H2,(H,24,26). The molecule has 0 spiro atoms. The lowest BCUT2D eigenvalue weighted by Gasteiger charge is -2.14. The van der Waals surface area contributed by atoms with E-state index in [0.717, 1.165) is 50.9 Å². The van der Waals surface area contributed by atoms with Crippen molar-refractivity contribution < 1.29 is 4.79 Å². The summed E-state index contributed by atoms with van der Waals surface area (Å²) in [6.07, 6.45) is 7.65. The summed E-state index contributed by atoms with van der Waals surface area (Å²) in [6.45, 7) is 3.60. The van der Waals surface area contributed by atoms with Crippen LogP contribution in [0.4, 0.5) is 0 Å². The Bertz CT molecular complexity index is 782. The molecule has 0 saturated carbocycles. The van der Waals surface area contributed by atoms with Gasteiger partial charge in [0, 0.05) is 32.0 Å². The number of rotatable bonds is 8. The molecule has 0 radical (unpaired) electrons. The molecule has 1 aliphatic heterocycles. The van der Waals surface area contributed by atoms with Crippen LogP contribution < -0.4 is 5.32 Å². The molecule has 2 aromatic rings. The number of carbonyl (C=O) groups excluding carboxylic acids is 1. The van der Waals surface area contributed by atoms with Crippen LogP contribution in [0.2, 0.25) is 0 Å². The van der Waals surface area contributed by atoms with Crippen molar-refractivity contribution in [1.82, 2.24) is 15.2 Å². The molecule has 1 N–H and O–H groups in total. The van der Waals surface area contributed by atoms with Gasteiger partial charge < -0.3 is 5.32 Å². The normalized spacial score (nSPS) is 13.2. The predicted molar refractivity (Wildman–Crippen MR) is 100 cm³/mol. The second kappa shape index (κ2) is 9.12. The number of hydrogen-bond acceptors (Lipinski definition) is 4. The fraction of sp³-hybridized carbons (Fsp3) is 0.381. The largest absolute Gasteiger partial charge is 0.352 e. The molecular formula is C21H24N4O. The molecule has 5 nitrogen and oxygen atoms in total. The topological polar surface area (TPSA) is 69.0 Å². The van der Waals surface area contributed by atoms with Gasteiger partial charge in [0.25, 0.3) is 5.91 Å². The van der Waals surface area contributed by atoms with Crippen molar-refractivity contribution in [1.29, 1.82) is 5.26 Å². The Labute approximate surface area is 154 Å². The average Bonchev–Trinajstić information content (AvgIpc) is 3.10. The highest BCUT2D eigenvalue weighted by molar-refractivity contribution is 5.93. The molecule has 5 heteroatoms. The molecular weight excluding hydrogens is 324 g/mol. The Morgan fingerprint density at radius 3 is 2.85 bits per heavy atom. The highest BCUT2D eigenvalue weighted by Crippen LogP contribution is 2.25. The summed E-state index contributed by atoms with van der Waals surface area (Å²) >= 11 is 0. The summed E-state index contributed by atoms with van der Waals surface area (Å²) in [5, 5.41) is 12.1. The van der Waals surface area contributed by atoms with Crippen LogP contribution in [0.25, 0.3) is 0 Å². The number of nitrogens with one attached hydrogen (secondary N) is 1. The van der Waals surface area contributed by atoms with E-state index >= 15 is 0 Å². The summed E-state index contributed by atoms with van der Waals surface area (Å²) in [5.41, 5.74) is 3.92. The molecule has 1 amide bonds. The first-order chi connectivity index (χ1) is 12.8. The van der Waals surface area contributed by atoms with Crippen molar-refractivity contribution >= 4 is 5.91 Å². The van der Waals surface area contributed by atoms with Crippen LogP contribution >= 0.6 is 0 Å². The highest BCUT2D eigenvalue weighted by Gasteiger charge is 2.20. The number of unbranched alkanes of at least 4 members (excludes halogenated alkanes) is 3. The van der Waals surface area contributed by atoms with Crippen molar-refractivity contribution in [2.75, 3.05) is 13.1 Å². The minimum atomic E-state index is -0.0544. The van der Waals surface area contributed by atoms with E-state index < -0.39 is 0 Å². The number of carbonyl (C=O) groups is 1. The van der Waals surface area contributed by atoms with E-state index in [0.29, 0.717) is 12.1 Å². The molecule has 26 heavy (non-hydrogen) atoms. The zero-order valence-corrected chi connectivity index (χ0v) is 14.9. The van der Waals surface area contributed by atoms with Gasteiger partial charge >= 0.3 is 0 Å². The first-order valence-electron chi connectivity index (χ1n) is 9.19. The van der Waals surface area contributed by atoms with Crippen LogP contribution in [0.15, 0.2) is 42.7 Å². The van der Waals surface area contributed by atoms with Gasteiger partial charge in [-0.1, -0.05) is 25.0 Å². The van der Waals surface area contributed by atoms with Crippen molar-refractivity contribution in [3.05, 3.63) is 65.0 Å². The molecule has 1 aromatic carbocycles. The summed E-state index contributed by atoms with van der Waals surface area (Å²) < 4.78 is 0. The molecule has 134 valence electrons. The number of fused-ring (bicyclic) bond motifs is 1. The van der Waals surface area contributed by atoms with E-state index in [1.807, 2.05) is 12.1 Å². The second-order valence-corrected chi connectivity index (χ2v) is 6.68. The maximum absolute atomic E-state index is 11.9. The van der Waals surface area contributed by atoms with Crippen LogP contribution in [-0.2, 0) is 13.1 Å². The molecule has 0 aliphatic carbocycles. The van der Waals surface area contributed by atoms with Gasteiger partial charge in [0.1, 0.15) is 0 Å². The van der Waals surface area contributed by atoms with Crippen molar-refractivity contribution in [3.63, 3.8) is 0 Å². The van der Waals surface area contributed by atoms with Gasteiger partial charge in [-0.05, 0) is 48.7 Å². The SMILES string of the molecule is N#Cc1cccc2c1CN(CCCCCCNC(=O)c1cccnc1)C2. The molecule has 0 saturated heterocycles. The maximum Gasteiger partial charge on any atom is 0.252 e. The minimum Gasteiger partial charge on any atom is -0.352 e. The number of nitriles is 1. The summed E-state index contributed by atoms with van der Waals surface area (Å²) in [4.78, 5) is 18.3. The summed E-state index contributed by atoms with van der Waals surface area (Å²) in [6, 6.07) is 11.8. The van der Waals surface area contributed by atoms with E-state index in [1.165, 1.54) is 11.1 Å². The third kappa shape index (κ3) is 4.68. The van der Waals surface area contributed by atoms with E-state index in [1.54, 1.807) is 24.5 Å². The van der Waals surface area contributed by atoms with Gasteiger partial charge in [0.05, 0.1) is 17.2 Å². The Balaban J connectivity index is 1.28. The monoisotopic (exact) mass is 348 g/mol. The van der Waals surface area contributed by atoms with E-state index in [2.05, 4.69) is 27.3 Å². The number of hydrogen-bond donors (Lipinski definition) is 1. The fourth-order valence-electron chi connectivity index (χ4n) is 3.37. The zero-order valence-electron chi connectivity index (χ0n) is 14.9. The van der Waals surface area contributed by atoms with Gasteiger partial charge in [0.15, 0.2) is 0 Å². The minimum absolute atomic E-state index is 0.0544. The number of pyridine rings is 1. The zero-order chi connectivity index (χ0) is 18.2. The van der Waals surface area contributed by atoms with Crippen LogP contribution in [0.5, 0.6) is 0 Å². The molecule has 2 heterocycles. The maximum atomic E-state index is 11.9. The lowest BCUT2D eigenvalue weighted by Crippen LogP contribution is -2.24. The van der Waals surface area contributed by atoms with E-state index in [9.17, 15) is 10.1 Å². The first-order valence-corrected chi connectivity index (χ1v) is 9.19. The Kier molecular flexibility index (Phi) is 6.34. The second-order valence-electron chi connectivity index (χ2n) is 6.68. The smallest absolute Gasteiger partial charge is 0.252 e. The van der Waals surface area contributed by atoms with Gasteiger partial charge in [-0.2, -0.15) is 5.26 Å². The Morgan fingerprint density at radius 2 is 2.04 bits per heavy atom. The number of benzene rings is 1. The summed E-state index contributed by atoms with van der Waals surface area (Å²) in [5.74, 6) is -0.0544. The lowest BCUT2D eigenvalue weighted by atomic mass is 10.1. The Morgan fingerprint density at radius 1 is 1.15 bits per heavy atom. The number of nitrogens with zero attached hydrogens (tertiary/aromatic N) is 3. The van der Waals surface area contributed by atoms with Crippen molar-refractivity contribution in [3.8, 4) is 6.07 Å². The van der Waals surface area contributed by atoms with Gasteiger partial charge in [-0.3, -0.25) is 14.7 Å². The molecule has 1 aromatic heterocycles. The number of amides is 1. The number of aromatic nitrogens is 1. The highest BCUT2D eigenvalue weighted by atomic mass is 16.1. The molecule has 3 rings (SSSR count). The van der Waals surface area contributed by atoms with Crippen LogP contribution in [0, 0.1) is 11.3 Å². The van der Waals surface area contributed by atoms with Gasteiger partial charge in [-0.15, -0.1) is 0 Å². The molecule has 0 fully saturated rings. The molecule has 1 aliphatic rings. The fourth-order valence-corrected chi connectivity index (χ4v) is 3.37. The summed E-state index contributed by atoms with van der Waals surface area (Å²) in [7, 11) is 0. The average molecular weight is 348 g/mol. The third-order valence-electron chi connectivity index (χ3n) is 4.78. The van der Waals surface area contributed by atoms with Crippen LogP contribution in [-0.4, -0.2) is 28.9 Å². The van der Waals surface area contributed by atoms with E-state index in [-0.39, 0.29) is 5.91 Å². The van der Waals surface area contributed by atoms with Crippen molar-refractivity contribution in [2.24, 2.45) is 0 Å². The Hall–Kier alpha value is -2.71.